The van der Waals surface area contributed by atoms with Gasteiger partial charge in [0, 0.05) is 14.1 Å². The molecule has 0 N–H and O–H groups in total. The van der Waals surface area contributed by atoms with Crippen LogP contribution in [0.25, 0.3) is 11.2 Å². The summed E-state index contributed by atoms with van der Waals surface area (Å²) in [5.41, 5.74) is 0.486. The fraction of sp³-hybridized carbons (Fsp3) is 0.444. The van der Waals surface area contributed by atoms with Crippen LogP contribution < -0.4 is 15.0 Å². The van der Waals surface area contributed by atoms with Gasteiger partial charge in [0.15, 0.2) is 11.2 Å². The standard InChI is InChI=1S/C9H12N4O3/c1-12-5-6(10-8(12)15-3)11-9(16-4)13(2)7(5)14/h1-4H3. The van der Waals surface area contributed by atoms with E-state index in [2.05, 4.69) is 9.97 Å². The molecule has 0 spiro atoms. The first-order valence-corrected chi connectivity index (χ1v) is 4.61. The second-order valence-electron chi connectivity index (χ2n) is 3.29. The lowest BCUT2D eigenvalue weighted by Gasteiger charge is -2.04. The van der Waals surface area contributed by atoms with Gasteiger partial charge in [-0.25, -0.2) is 0 Å². The Kier molecular flexibility index (Phi) is 2.30. The largest absolute Gasteiger partial charge is 0.468 e. The monoisotopic (exact) mass is 224 g/mol. The maximum Gasteiger partial charge on any atom is 0.300 e. The normalized spacial score (nSPS) is 10.8. The fourth-order valence-electron chi connectivity index (χ4n) is 1.56. The van der Waals surface area contributed by atoms with E-state index in [9.17, 15) is 4.79 Å². The minimum absolute atomic E-state index is 0.221. The quantitative estimate of drug-likeness (QED) is 0.699. The molecule has 16 heavy (non-hydrogen) atoms. The molecule has 86 valence electrons. The van der Waals surface area contributed by atoms with Gasteiger partial charge in [0.25, 0.3) is 11.6 Å². The second-order valence-corrected chi connectivity index (χ2v) is 3.29. The Balaban J connectivity index is 2.91. The molecule has 2 rings (SSSR count). The highest BCUT2D eigenvalue weighted by Gasteiger charge is 2.16. The molecule has 0 unspecified atom stereocenters. The lowest BCUT2D eigenvalue weighted by Crippen LogP contribution is -2.21. The van der Waals surface area contributed by atoms with Crippen LogP contribution in [0, 0.1) is 0 Å². The molecule has 0 amide bonds. The maximum absolute atomic E-state index is 12.0. The molecule has 2 aromatic heterocycles. The summed E-state index contributed by atoms with van der Waals surface area (Å²) in [5.74, 6) is 0. The van der Waals surface area contributed by atoms with Gasteiger partial charge in [-0.05, 0) is 0 Å². The van der Waals surface area contributed by atoms with Gasteiger partial charge < -0.3 is 9.47 Å². The Bertz CT molecular complexity index is 599. The topological polar surface area (TPSA) is 71.2 Å². The second kappa shape index (κ2) is 3.51. The molecule has 0 saturated carbocycles. The van der Waals surface area contributed by atoms with Crippen molar-refractivity contribution in [2.24, 2.45) is 14.1 Å². The molecule has 0 aliphatic heterocycles. The van der Waals surface area contributed by atoms with Crippen molar-refractivity contribution in [1.82, 2.24) is 19.1 Å². The van der Waals surface area contributed by atoms with E-state index >= 15 is 0 Å². The number of fused-ring (bicyclic) bond motifs is 1. The Morgan fingerprint density at radius 2 is 1.50 bits per heavy atom. The van der Waals surface area contributed by atoms with E-state index < -0.39 is 0 Å². The van der Waals surface area contributed by atoms with Crippen LogP contribution >= 0.6 is 0 Å². The van der Waals surface area contributed by atoms with Crippen molar-refractivity contribution in [3.05, 3.63) is 10.4 Å². The summed E-state index contributed by atoms with van der Waals surface area (Å²) in [6.45, 7) is 0. The first-order chi connectivity index (χ1) is 7.60. The van der Waals surface area contributed by atoms with Crippen LogP contribution in [0.2, 0.25) is 0 Å². The Hall–Kier alpha value is -2.05. The van der Waals surface area contributed by atoms with Crippen LogP contribution in [0.4, 0.5) is 0 Å². The van der Waals surface area contributed by atoms with Crippen molar-refractivity contribution >= 4 is 11.2 Å². The molecule has 0 bridgehead atoms. The number of hydrogen-bond acceptors (Lipinski definition) is 5. The first-order valence-electron chi connectivity index (χ1n) is 4.61. The molecular formula is C9H12N4O3. The number of aryl methyl sites for hydroxylation is 1. The van der Waals surface area contributed by atoms with Crippen LogP contribution in [-0.4, -0.2) is 33.3 Å². The van der Waals surface area contributed by atoms with Crippen molar-refractivity contribution < 1.29 is 9.47 Å². The zero-order valence-corrected chi connectivity index (χ0v) is 9.51. The van der Waals surface area contributed by atoms with Crippen molar-refractivity contribution in [3.8, 4) is 12.0 Å². The molecule has 0 atom stereocenters. The van der Waals surface area contributed by atoms with Gasteiger partial charge in [-0.15, -0.1) is 0 Å². The van der Waals surface area contributed by atoms with Crippen LogP contribution in [0.1, 0.15) is 0 Å². The fourth-order valence-corrected chi connectivity index (χ4v) is 1.56. The molecule has 2 aromatic rings. The number of methoxy groups -OCH3 is 2. The van der Waals surface area contributed by atoms with Crippen molar-refractivity contribution in [1.29, 1.82) is 0 Å². The Morgan fingerprint density at radius 3 is 2.00 bits per heavy atom. The lowest BCUT2D eigenvalue weighted by molar-refractivity contribution is 0.359. The molecule has 0 radical (unpaired) electrons. The molecule has 0 fully saturated rings. The number of aromatic nitrogens is 4. The number of nitrogens with zero attached hydrogens (tertiary/aromatic N) is 4. The van der Waals surface area contributed by atoms with E-state index in [0.717, 1.165) is 0 Å². The predicted molar refractivity (Wildman–Crippen MR) is 56.9 cm³/mol. The number of imidazole rings is 1. The summed E-state index contributed by atoms with van der Waals surface area (Å²) in [7, 11) is 6.23. The van der Waals surface area contributed by atoms with E-state index in [1.165, 1.54) is 18.8 Å². The van der Waals surface area contributed by atoms with Crippen LogP contribution in [-0.2, 0) is 14.1 Å². The lowest BCUT2D eigenvalue weighted by atomic mass is 10.5. The van der Waals surface area contributed by atoms with Gasteiger partial charge >= 0.3 is 6.01 Å². The third-order valence-corrected chi connectivity index (χ3v) is 2.40. The number of ether oxygens (including phenoxy) is 2. The highest BCUT2D eigenvalue weighted by molar-refractivity contribution is 5.71. The van der Waals surface area contributed by atoms with Crippen molar-refractivity contribution in [3.63, 3.8) is 0 Å². The zero-order chi connectivity index (χ0) is 11.9. The van der Waals surface area contributed by atoms with Gasteiger partial charge in [0.2, 0.25) is 0 Å². The average Bonchev–Trinajstić information content (AvgIpc) is 2.60. The van der Waals surface area contributed by atoms with Crippen LogP contribution in [0.3, 0.4) is 0 Å². The molecule has 0 saturated heterocycles. The van der Waals surface area contributed by atoms with Gasteiger partial charge in [0.05, 0.1) is 14.2 Å². The van der Waals surface area contributed by atoms with E-state index in [0.29, 0.717) is 17.2 Å². The summed E-state index contributed by atoms with van der Waals surface area (Å²) in [4.78, 5) is 20.2. The van der Waals surface area contributed by atoms with Crippen LogP contribution in [0.15, 0.2) is 4.79 Å². The van der Waals surface area contributed by atoms with Gasteiger partial charge in [-0.3, -0.25) is 13.9 Å². The van der Waals surface area contributed by atoms with E-state index in [4.69, 9.17) is 9.47 Å². The number of rotatable bonds is 2. The van der Waals surface area contributed by atoms with E-state index in [1.807, 2.05) is 0 Å². The summed E-state index contributed by atoms with van der Waals surface area (Å²) in [6, 6.07) is 0.561. The van der Waals surface area contributed by atoms with Gasteiger partial charge in [0.1, 0.15) is 0 Å². The highest BCUT2D eigenvalue weighted by atomic mass is 16.5. The van der Waals surface area contributed by atoms with E-state index in [-0.39, 0.29) is 11.6 Å². The molecule has 7 nitrogen and oxygen atoms in total. The van der Waals surface area contributed by atoms with E-state index in [1.54, 1.807) is 18.7 Å². The van der Waals surface area contributed by atoms with Gasteiger partial charge in [-0.2, -0.15) is 9.97 Å². The molecule has 0 aliphatic rings. The Morgan fingerprint density at radius 1 is 1.00 bits per heavy atom. The summed E-state index contributed by atoms with van der Waals surface area (Å²) in [6.07, 6.45) is 0. The van der Waals surface area contributed by atoms with Crippen molar-refractivity contribution in [2.45, 2.75) is 0 Å². The molecule has 7 heteroatoms. The van der Waals surface area contributed by atoms with Gasteiger partial charge in [-0.1, -0.05) is 0 Å². The molecule has 0 aromatic carbocycles. The summed E-state index contributed by atoms with van der Waals surface area (Å²) >= 11 is 0. The predicted octanol–water partition coefficient (Wildman–Crippen LogP) is -0.316. The number of hydrogen-bond donors (Lipinski definition) is 0. The SMILES string of the molecule is COc1nc2nc(OC)n(C)c2c(=O)n1C. The average molecular weight is 224 g/mol. The first kappa shape index (κ1) is 10.5. The van der Waals surface area contributed by atoms with Crippen LogP contribution in [0.5, 0.6) is 12.0 Å². The molecular weight excluding hydrogens is 212 g/mol. The molecule has 0 aliphatic carbocycles. The summed E-state index contributed by atoms with van der Waals surface area (Å²) < 4.78 is 12.9. The Labute approximate surface area is 91.2 Å². The smallest absolute Gasteiger partial charge is 0.300 e. The molecule has 2 heterocycles. The minimum atomic E-state index is -0.222. The third-order valence-electron chi connectivity index (χ3n) is 2.40. The minimum Gasteiger partial charge on any atom is -0.468 e. The maximum atomic E-state index is 12.0. The summed E-state index contributed by atoms with van der Waals surface area (Å²) in [5, 5.41) is 0. The zero-order valence-electron chi connectivity index (χ0n) is 9.51. The van der Waals surface area contributed by atoms with Crippen molar-refractivity contribution in [2.75, 3.05) is 14.2 Å². The highest BCUT2D eigenvalue weighted by Crippen LogP contribution is 2.16. The third kappa shape index (κ3) is 1.24.